The molecule has 0 spiro atoms. The molecule has 0 unspecified atom stereocenters. The summed E-state index contributed by atoms with van der Waals surface area (Å²) in [7, 11) is 1.67. The molecule has 0 aliphatic carbocycles. The first kappa shape index (κ1) is 14.0. The lowest BCUT2D eigenvalue weighted by atomic mass is 10.1. The zero-order valence-corrected chi connectivity index (χ0v) is 13.4. The Kier molecular flexibility index (Phi) is 4.11. The summed E-state index contributed by atoms with van der Waals surface area (Å²) in [4.78, 5) is 0. The highest BCUT2D eigenvalue weighted by Crippen LogP contribution is 2.27. The summed E-state index contributed by atoms with van der Waals surface area (Å²) in [5.41, 5.74) is 2.36. The van der Waals surface area contributed by atoms with Crippen molar-refractivity contribution in [1.29, 1.82) is 0 Å². The average molecular weight is 342 g/mol. The Hall–Kier alpha value is -2.00. The molecular weight excluding hydrogens is 326 g/mol. The molecule has 0 aliphatic rings. The summed E-state index contributed by atoms with van der Waals surface area (Å²) < 4.78 is 6.23. The number of hydrogen-bond acceptors (Lipinski definition) is 2. The van der Waals surface area contributed by atoms with Crippen LogP contribution in [0.5, 0.6) is 5.75 Å². The van der Waals surface area contributed by atoms with Crippen molar-refractivity contribution in [3.63, 3.8) is 0 Å². The topological polar surface area (TPSA) is 21.3 Å². The van der Waals surface area contributed by atoms with E-state index >= 15 is 0 Å². The first-order valence-electron chi connectivity index (χ1n) is 6.82. The molecule has 0 heterocycles. The van der Waals surface area contributed by atoms with E-state index in [9.17, 15) is 0 Å². The largest absolute Gasteiger partial charge is 0.496 e. The number of methoxy groups -OCH3 is 1. The van der Waals surface area contributed by atoms with Crippen LogP contribution in [0.2, 0.25) is 0 Å². The van der Waals surface area contributed by atoms with Crippen LogP contribution in [0.1, 0.15) is 5.56 Å². The molecule has 1 N–H and O–H groups in total. The fourth-order valence-corrected chi connectivity index (χ4v) is 2.98. The zero-order valence-electron chi connectivity index (χ0n) is 11.8. The predicted molar refractivity (Wildman–Crippen MR) is 92.0 cm³/mol. The van der Waals surface area contributed by atoms with Gasteiger partial charge in [-0.1, -0.05) is 42.5 Å². The third kappa shape index (κ3) is 3.03. The Morgan fingerprint density at radius 2 is 1.81 bits per heavy atom. The maximum absolute atomic E-state index is 5.25. The molecule has 2 nitrogen and oxygen atoms in total. The molecule has 0 aromatic heterocycles. The summed E-state index contributed by atoms with van der Waals surface area (Å²) in [5.74, 6) is 0.851. The van der Waals surface area contributed by atoms with Gasteiger partial charge >= 0.3 is 0 Å². The second kappa shape index (κ2) is 6.19. The van der Waals surface area contributed by atoms with Gasteiger partial charge in [-0.15, -0.1) is 0 Å². The van der Waals surface area contributed by atoms with Crippen molar-refractivity contribution in [3.05, 3.63) is 70.7 Å². The van der Waals surface area contributed by atoms with Gasteiger partial charge in [0.15, 0.2) is 0 Å². The fourth-order valence-electron chi connectivity index (χ4n) is 2.40. The van der Waals surface area contributed by atoms with Gasteiger partial charge in [0.2, 0.25) is 0 Å². The number of rotatable bonds is 4. The molecule has 0 aliphatic heterocycles. The van der Waals surface area contributed by atoms with Crippen molar-refractivity contribution < 1.29 is 4.74 Å². The van der Waals surface area contributed by atoms with Crippen LogP contribution in [-0.2, 0) is 6.54 Å². The number of anilines is 1. The van der Waals surface area contributed by atoms with Crippen molar-refractivity contribution in [2.24, 2.45) is 0 Å². The minimum atomic E-state index is 0.774. The van der Waals surface area contributed by atoms with Crippen molar-refractivity contribution in [3.8, 4) is 5.75 Å². The van der Waals surface area contributed by atoms with Crippen LogP contribution >= 0.6 is 15.9 Å². The normalized spacial score (nSPS) is 10.6. The van der Waals surface area contributed by atoms with Crippen LogP contribution in [-0.4, -0.2) is 7.11 Å². The summed E-state index contributed by atoms with van der Waals surface area (Å²) >= 11 is 3.52. The smallest absolute Gasteiger partial charge is 0.133 e. The summed E-state index contributed by atoms with van der Waals surface area (Å²) in [6.07, 6.45) is 0. The first-order chi connectivity index (χ1) is 10.3. The Labute approximate surface area is 132 Å². The molecule has 0 atom stereocenters. The molecule has 21 heavy (non-hydrogen) atoms. The van der Waals surface area contributed by atoms with Crippen LogP contribution in [0.3, 0.4) is 0 Å². The van der Waals surface area contributed by atoms with Gasteiger partial charge in [-0.25, -0.2) is 0 Å². The molecule has 3 aromatic rings. The minimum absolute atomic E-state index is 0.774. The van der Waals surface area contributed by atoms with E-state index in [0.717, 1.165) is 22.5 Å². The molecule has 0 bridgehead atoms. The van der Waals surface area contributed by atoms with Crippen molar-refractivity contribution in [2.75, 3.05) is 12.4 Å². The number of ether oxygens (including phenoxy) is 1. The molecule has 106 valence electrons. The van der Waals surface area contributed by atoms with Crippen molar-refractivity contribution in [2.45, 2.75) is 6.54 Å². The second-order valence-corrected chi connectivity index (χ2v) is 5.70. The predicted octanol–water partition coefficient (Wildman–Crippen LogP) is 5.22. The highest BCUT2D eigenvalue weighted by Gasteiger charge is 2.03. The van der Waals surface area contributed by atoms with E-state index in [1.807, 2.05) is 6.07 Å². The third-order valence-corrected chi connectivity index (χ3v) is 4.11. The number of nitrogens with one attached hydrogen (secondary N) is 1. The van der Waals surface area contributed by atoms with E-state index in [1.165, 1.54) is 16.3 Å². The third-order valence-electron chi connectivity index (χ3n) is 3.49. The molecule has 3 rings (SSSR count). The van der Waals surface area contributed by atoms with E-state index in [4.69, 9.17) is 4.74 Å². The van der Waals surface area contributed by atoms with E-state index in [-0.39, 0.29) is 0 Å². The standard InChI is InChI=1S/C18H16BrNO/c1-21-18-10-9-13(11-16(18)19)12-20-17-8-4-6-14-5-2-3-7-15(14)17/h2-11,20H,12H2,1H3. The summed E-state index contributed by atoms with van der Waals surface area (Å²) in [6.45, 7) is 0.774. The Morgan fingerprint density at radius 3 is 2.62 bits per heavy atom. The molecule has 3 heteroatoms. The van der Waals surface area contributed by atoms with Crippen molar-refractivity contribution >= 4 is 32.4 Å². The number of benzene rings is 3. The van der Waals surface area contributed by atoms with Gasteiger partial charge in [0, 0.05) is 17.6 Å². The van der Waals surface area contributed by atoms with Gasteiger partial charge in [-0.2, -0.15) is 0 Å². The SMILES string of the molecule is COc1ccc(CNc2cccc3ccccc23)cc1Br. The molecule has 3 aromatic carbocycles. The van der Waals surface area contributed by atoms with E-state index in [0.29, 0.717) is 0 Å². The molecule has 0 amide bonds. The lowest BCUT2D eigenvalue weighted by Gasteiger charge is -2.11. The van der Waals surface area contributed by atoms with Crippen LogP contribution in [0.4, 0.5) is 5.69 Å². The Balaban J connectivity index is 1.82. The van der Waals surface area contributed by atoms with Gasteiger partial charge in [-0.05, 0) is 45.1 Å². The van der Waals surface area contributed by atoms with Crippen LogP contribution in [0.15, 0.2) is 65.1 Å². The lowest BCUT2D eigenvalue weighted by molar-refractivity contribution is 0.412. The highest BCUT2D eigenvalue weighted by atomic mass is 79.9. The first-order valence-corrected chi connectivity index (χ1v) is 7.61. The van der Waals surface area contributed by atoms with Gasteiger partial charge in [-0.3, -0.25) is 0 Å². The maximum atomic E-state index is 5.25. The van der Waals surface area contributed by atoms with E-state index in [1.54, 1.807) is 7.11 Å². The second-order valence-electron chi connectivity index (χ2n) is 4.85. The Bertz CT molecular complexity index is 765. The van der Waals surface area contributed by atoms with Gasteiger partial charge in [0.25, 0.3) is 0 Å². The quantitative estimate of drug-likeness (QED) is 0.702. The van der Waals surface area contributed by atoms with E-state index in [2.05, 4.69) is 75.8 Å². The molecule has 0 radical (unpaired) electrons. The van der Waals surface area contributed by atoms with Gasteiger partial charge in [0.1, 0.15) is 5.75 Å². The van der Waals surface area contributed by atoms with Crippen LogP contribution in [0, 0.1) is 0 Å². The Morgan fingerprint density at radius 1 is 1.00 bits per heavy atom. The number of fused-ring (bicyclic) bond motifs is 1. The average Bonchev–Trinajstić information content (AvgIpc) is 2.53. The van der Waals surface area contributed by atoms with Crippen LogP contribution < -0.4 is 10.1 Å². The molecule has 0 saturated heterocycles. The fraction of sp³-hybridized carbons (Fsp3) is 0.111. The van der Waals surface area contributed by atoms with Gasteiger partial charge < -0.3 is 10.1 Å². The molecule has 0 saturated carbocycles. The minimum Gasteiger partial charge on any atom is -0.496 e. The summed E-state index contributed by atoms with van der Waals surface area (Å²) in [6, 6.07) is 20.8. The maximum Gasteiger partial charge on any atom is 0.133 e. The van der Waals surface area contributed by atoms with Gasteiger partial charge in [0.05, 0.1) is 11.6 Å². The monoisotopic (exact) mass is 341 g/mol. The molecule has 0 fully saturated rings. The van der Waals surface area contributed by atoms with Crippen LogP contribution in [0.25, 0.3) is 10.8 Å². The number of halogens is 1. The molecular formula is C18H16BrNO. The van der Waals surface area contributed by atoms with Crippen molar-refractivity contribution in [1.82, 2.24) is 0 Å². The highest BCUT2D eigenvalue weighted by molar-refractivity contribution is 9.10. The zero-order chi connectivity index (χ0) is 14.7. The number of hydrogen-bond donors (Lipinski definition) is 1. The van der Waals surface area contributed by atoms with E-state index < -0.39 is 0 Å². The summed E-state index contributed by atoms with van der Waals surface area (Å²) in [5, 5.41) is 6.00. The lowest BCUT2D eigenvalue weighted by Crippen LogP contribution is -2.00.